The SMILES string of the molecule is FC(F)(F)c1ccc2sc(NC3CC3)nc2c1. The molecule has 2 aromatic rings. The molecule has 1 saturated carbocycles. The fraction of sp³-hybridized carbons (Fsp3) is 0.364. The van der Waals surface area contributed by atoms with E-state index in [2.05, 4.69) is 10.3 Å². The van der Waals surface area contributed by atoms with Crippen molar-refractivity contribution in [3.8, 4) is 0 Å². The molecule has 1 fully saturated rings. The summed E-state index contributed by atoms with van der Waals surface area (Å²) in [7, 11) is 0. The molecule has 6 heteroatoms. The van der Waals surface area contributed by atoms with E-state index in [9.17, 15) is 13.2 Å². The predicted molar refractivity (Wildman–Crippen MR) is 61.3 cm³/mol. The van der Waals surface area contributed by atoms with Gasteiger partial charge in [-0.2, -0.15) is 13.2 Å². The maximum absolute atomic E-state index is 12.5. The Morgan fingerprint density at radius 3 is 2.71 bits per heavy atom. The zero-order valence-electron chi connectivity index (χ0n) is 8.71. The molecule has 1 aliphatic carbocycles. The number of hydrogen-bond acceptors (Lipinski definition) is 3. The van der Waals surface area contributed by atoms with Gasteiger partial charge in [0.1, 0.15) is 0 Å². The standard InChI is InChI=1S/C11H9F3N2S/c12-11(13,14)6-1-4-9-8(5-6)16-10(17-9)15-7-2-3-7/h1,4-5,7H,2-3H2,(H,15,16). The number of halogens is 3. The van der Waals surface area contributed by atoms with E-state index in [1.165, 1.54) is 17.4 Å². The summed E-state index contributed by atoms with van der Waals surface area (Å²) in [5.74, 6) is 0. The molecule has 0 radical (unpaired) electrons. The third-order valence-electron chi connectivity index (χ3n) is 2.62. The van der Waals surface area contributed by atoms with Crippen molar-refractivity contribution in [3.63, 3.8) is 0 Å². The van der Waals surface area contributed by atoms with E-state index in [0.717, 1.165) is 29.7 Å². The molecule has 3 rings (SSSR count). The zero-order chi connectivity index (χ0) is 12.0. The van der Waals surface area contributed by atoms with E-state index in [1.54, 1.807) is 0 Å². The first-order valence-electron chi connectivity index (χ1n) is 5.27. The zero-order valence-corrected chi connectivity index (χ0v) is 9.53. The maximum atomic E-state index is 12.5. The Morgan fingerprint density at radius 2 is 2.06 bits per heavy atom. The monoisotopic (exact) mass is 258 g/mol. The number of thiazole rings is 1. The van der Waals surface area contributed by atoms with Gasteiger partial charge < -0.3 is 5.32 Å². The second kappa shape index (κ2) is 3.60. The number of benzene rings is 1. The van der Waals surface area contributed by atoms with Crippen LogP contribution in [-0.4, -0.2) is 11.0 Å². The van der Waals surface area contributed by atoms with E-state index >= 15 is 0 Å². The number of alkyl halides is 3. The van der Waals surface area contributed by atoms with E-state index in [0.29, 0.717) is 16.7 Å². The highest BCUT2D eigenvalue weighted by Crippen LogP contribution is 2.35. The topological polar surface area (TPSA) is 24.9 Å². The highest BCUT2D eigenvalue weighted by Gasteiger charge is 2.31. The van der Waals surface area contributed by atoms with E-state index in [1.807, 2.05) is 0 Å². The van der Waals surface area contributed by atoms with Crippen LogP contribution in [0.5, 0.6) is 0 Å². The number of nitrogens with one attached hydrogen (secondary N) is 1. The van der Waals surface area contributed by atoms with Crippen LogP contribution in [-0.2, 0) is 6.18 Å². The largest absolute Gasteiger partial charge is 0.416 e. The molecule has 1 aromatic heterocycles. The lowest BCUT2D eigenvalue weighted by atomic mass is 10.2. The van der Waals surface area contributed by atoms with Crippen molar-refractivity contribution >= 4 is 26.7 Å². The summed E-state index contributed by atoms with van der Waals surface area (Å²) in [6, 6.07) is 4.14. The summed E-state index contributed by atoms with van der Waals surface area (Å²) in [6.45, 7) is 0. The number of fused-ring (bicyclic) bond motifs is 1. The van der Waals surface area contributed by atoms with E-state index < -0.39 is 11.7 Å². The van der Waals surface area contributed by atoms with Crippen molar-refractivity contribution in [2.75, 3.05) is 5.32 Å². The Hall–Kier alpha value is -1.30. The maximum Gasteiger partial charge on any atom is 0.416 e. The summed E-state index contributed by atoms with van der Waals surface area (Å²) >= 11 is 1.40. The number of rotatable bonds is 2. The normalized spacial score (nSPS) is 16.4. The van der Waals surface area contributed by atoms with Crippen molar-refractivity contribution in [2.45, 2.75) is 25.1 Å². The fourth-order valence-electron chi connectivity index (χ4n) is 1.57. The Bertz CT molecular complexity index is 557. The molecule has 0 spiro atoms. The molecule has 0 atom stereocenters. The molecule has 1 N–H and O–H groups in total. The molecule has 1 aliphatic rings. The summed E-state index contributed by atoms with van der Waals surface area (Å²) in [5.41, 5.74) is -0.235. The highest BCUT2D eigenvalue weighted by atomic mass is 32.1. The average Bonchev–Trinajstić information content (AvgIpc) is 2.95. The van der Waals surface area contributed by atoms with Crippen LogP contribution >= 0.6 is 11.3 Å². The van der Waals surface area contributed by atoms with Gasteiger partial charge in [0.25, 0.3) is 0 Å². The van der Waals surface area contributed by atoms with Crippen molar-refractivity contribution in [2.24, 2.45) is 0 Å². The lowest BCUT2D eigenvalue weighted by molar-refractivity contribution is -0.137. The van der Waals surface area contributed by atoms with Gasteiger partial charge in [-0.3, -0.25) is 0 Å². The van der Waals surface area contributed by atoms with Gasteiger partial charge >= 0.3 is 6.18 Å². The average molecular weight is 258 g/mol. The van der Waals surface area contributed by atoms with Gasteiger partial charge in [0, 0.05) is 6.04 Å². The van der Waals surface area contributed by atoms with Crippen molar-refractivity contribution in [3.05, 3.63) is 23.8 Å². The minimum Gasteiger partial charge on any atom is -0.359 e. The first kappa shape index (κ1) is 10.8. The first-order valence-corrected chi connectivity index (χ1v) is 6.08. The van der Waals surface area contributed by atoms with E-state index in [-0.39, 0.29) is 0 Å². The van der Waals surface area contributed by atoms with E-state index in [4.69, 9.17) is 0 Å². The third-order valence-corrected chi connectivity index (χ3v) is 3.59. The van der Waals surface area contributed by atoms with Crippen LogP contribution in [0.4, 0.5) is 18.3 Å². The lowest BCUT2D eigenvalue weighted by Crippen LogP contribution is -2.04. The molecule has 2 nitrogen and oxygen atoms in total. The van der Waals surface area contributed by atoms with Gasteiger partial charge in [-0.25, -0.2) is 4.98 Å². The third kappa shape index (κ3) is 2.22. The number of anilines is 1. The lowest BCUT2D eigenvalue weighted by Gasteiger charge is -2.04. The van der Waals surface area contributed by atoms with Gasteiger partial charge in [-0.15, -0.1) is 0 Å². The quantitative estimate of drug-likeness (QED) is 0.884. The molecule has 0 bridgehead atoms. The molecule has 90 valence electrons. The van der Waals surface area contributed by atoms with Crippen LogP contribution in [0.1, 0.15) is 18.4 Å². The van der Waals surface area contributed by atoms with Crippen LogP contribution in [0.3, 0.4) is 0 Å². The molecule has 0 amide bonds. The first-order chi connectivity index (χ1) is 8.02. The van der Waals surface area contributed by atoms with Crippen LogP contribution in [0.2, 0.25) is 0 Å². The smallest absolute Gasteiger partial charge is 0.359 e. The Kier molecular flexibility index (Phi) is 2.29. The molecule has 17 heavy (non-hydrogen) atoms. The Morgan fingerprint density at radius 1 is 1.29 bits per heavy atom. The number of nitrogens with zero attached hydrogens (tertiary/aromatic N) is 1. The second-order valence-corrected chi connectivity index (χ2v) is 5.15. The molecule has 0 unspecified atom stereocenters. The van der Waals surface area contributed by atoms with Crippen LogP contribution in [0, 0.1) is 0 Å². The summed E-state index contributed by atoms with van der Waals surface area (Å²) < 4.78 is 38.3. The summed E-state index contributed by atoms with van der Waals surface area (Å²) in [4.78, 5) is 4.17. The molecule has 1 aromatic carbocycles. The van der Waals surface area contributed by atoms with Gasteiger partial charge in [-0.1, -0.05) is 11.3 Å². The van der Waals surface area contributed by atoms with Gasteiger partial charge in [0.05, 0.1) is 15.8 Å². The van der Waals surface area contributed by atoms with Crippen molar-refractivity contribution in [1.29, 1.82) is 0 Å². The van der Waals surface area contributed by atoms with Crippen LogP contribution < -0.4 is 5.32 Å². The van der Waals surface area contributed by atoms with Crippen molar-refractivity contribution in [1.82, 2.24) is 4.98 Å². The van der Waals surface area contributed by atoms with Crippen LogP contribution in [0.15, 0.2) is 18.2 Å². The van der Waals surface area contributed by atoms with Crippen LogP contribution in [0.25, 0.3) is 10.2 Å². The van der Waals surface area contributed by atoms with Gasteiger partial charge in [0.15, 0.2) is 5.13 Å². The fourth-order valence-corrected chi connectivity index (χ4v) is 2.49. The molecule has 0 aliphatic heterocycles. The Balaban J connectivity index is 1.97. The minimum atomic E-state index is -4.30. The minimum absolute atomic E-state index is 0.410. The molecular formula is C11H9F3N2S. The van der Waals surface area contributed by atoms with Crippen molar-refractivity contribution < 1.29 is 13.2 Å². The number of aromatic nitrogens is 1. The number of hydrogen-bond donors (Lipinski definition) is 1. The second-order valence-electron chi connectivity index (χ2n) is 4.12. The molecule has 0 saturated heterocycles. The predicted octanol–water partition coefficient (Wildman–Crippen LogP) is 3.89. The summed E-state index contributed by atoms with van der Waals surface area (Å²) in [6.07, 6.45) is -2.07. The highest BCUT2D eigenvalue weighted by molar-refractivity contribution is 7.22. The molecule has 1 heterocycles. The summed E-state index contributed by atoms with van der Waals surface area (Å²) in [5, 5.41) is 3.90. The van der Waals surface area contributed by atoms with Gasteiger partial charge in [-0.05, 0) is 31.0 Å². The van der Waals surface area contributed by atoms with Gasteiger partial charge in [0.2, 0.25) is 0 Å². The Labute approximate surface area is 99.5 Å². The molecular weight excluding hydrogens is 249 g/mol.